The van der Waals surface area contributed by atoms with Crippen molar-refractivity contribution in [1.82, 2.24) is 15.0 Å². The number of para-hydroxylation sites is 1. The number of aromatic nitrogens is 2. The van der Waals surface area contributed by atoms with Crippen molar-refractivity contribution >= 4 is 0 Å². The second kappa shape index (κ2) is 6.24. The summed E-state index contributed by atoms with van der Waals surface area (Å²) in [5, 5.41) is 13.8. The zero-order valence-electron chi connectivity index (χ0n) is 12.8. The van der Waals surface area contributed by atoms with Crippen molar-refractivity contribution in [3.05, 3.63) is 30.2 Å². The molecule has 2 rings (SSSR count). The Morgan fingerprint density at radius 3 is 2.71 bits per heavy atom. The molecule has 114 valence electrons. The molecule has 0 aliphatic heterocycles. The highest BCUT2D eigenvalue weighted by atomic mass is 16.5. The molecule has 0 aliphatic rings. The smallest absolute Gasteiger partial charge is 0.241 e. The molecular formula is C15H21N3O3. The highest BCUT2D eigenvalue weighted by Crippen LogP contribution is 2.27. The van der Waals surface area contributed by atoms with Gasteiger partial charge in [0.05, 0.1) is 24.8 Å². The molecule has 1 aromatic heterocycles. The normalized spacial score (nSPS) is 11.9. The summed E-state index contributed by atoms with van der Waals surface area (Å²) in [4.78, 5) is 6.31. The van der Waals surface area contributed by atoms with Crippen molar-refractivity contribution in [3.8, 4) is 17.1 Å². The molecule has 6 heteroatoms. The standard InChI is InChI=1S/C15H21N3O3/c1-15(2,19)10-18(3)9-13-16-14(17-21-13)11-7-5-6-8-12(11)20-4/h5-8,19H,9-10H2,1-4H3. The van der Waals surface area contributed by atoms with Crippen molar-refractivity contribution in [2.45, 2.75) is 26.0 Å². The van der Waals surface area contributed by atoms with Gasteiger partial charge in [0.15, 0.2) is 0 Å². The SMILES string of the molecule is COc1ccccc1-c1noc(CN(C)CC(C)(C)O)n1. The predicted molar refractivity (Wildman–Crippen MR) is 78.9 cm³/mol. The molecule has 0 radical (unpaired) electrons. The molecule has 6 nitrogen and oxygen atoms in total. The average molecular weight is 291 g/mol. The first-order valence-corrected chi connectivity index (χ1v) is 6.76. The van der Waals surface area contributed by atoms with Crippen molar-refractivity contribution in [3.63, 3.8) is 0 Å². The van der Waals surface area contributed by atoms with Gasteiger partial charge in [-0.2, -0.15) is 4.98 Å². The maximum atomic E-state index is 9.79. The summed E-state index contributed by atoms with van der Waals surface area (Å²) in [6.45, 7) is 4.51. The molecule has 0 bridgehead atoms. The molecule has 0 fully saturated rings. The lowest BCUT2D eigenvalue weighted by atomic mass is 10.1. The van der Waals surface area contributed by atoms with Crippen molar-refractivity contribution in [2.75, 3.05) is 20.7 Å². The van der Waals surface area contributed by atoms with E-state index in [0.717, 1.165) is 5.56 Å². The maximum Gasteiger partial charge on any atom is 0.241 e. The highest BCUT2D eigenvalue weighted by Gasteiger charge is 2.18. The van der Waals surface area contributed by atoms with Gasteiger partial charge in [0, 0.05) is 6.54 Å². The van der Waals surface area contributed by atoms with Gasteiger partial charge in [-0.15, -0.1) is 0 Å². The number of methoxy groups -OCH3 is 1. The number of hydrogen-bond acceptors (Lipinski definition) is 6. The Kier molecular flexibility index (Phi) is 4.59. The van der Waals surface area contributed by atoms with Crippen LogP contribution in [0.3, 0.4) is 0 Å². The van der Waals surface area contributed by atoms with Crippen molar-refractivity contribution < 1.29 is 14.4 Å². The molecule has 0 saturated carbocycles. The number of likely N-dealkylation sites (N-methyl/N-ethyl adjacent to an activating group) is 1. The van der Waals surface area contributed by atoms with Crippen LogP contribution in [0.4, 0.5) is 0 Å². The molecule has 21 heavy (non-hydrogen) atoms. The van der Waals surface area contributed by atoms with Crippen LogP contribution in [0, 0.1) is 0 Å². The summed E-state index contributed by atoms with van der Waals surface area (Å²) in [6.07, 6.45) is 0. The molecule has 0 aliphatic carbocycles. The van der Waals surface area contributed by atoms with Crippen LogP contribution in [-0.4, -0.2) is 46.5 Å². The van der Waals surface area contributed by atoms with E-state index in [1.54, 1.807) is 21.0 Å². The minimum atomic E-state index is -0.764. The van der Waals surface area contributed by atoms with Gasteiger partial charge in [0.25, 0.3) is 0 Å². The van der Waals surface area contributed by atoms with E-state index < -0.39 is 5.60 Å². The van der Waals surface area contributed by atoms with Gasteiger partial charge < -0.3 is 14.4 Å². The summed E-state index contributed by atoms with van der Waals surface area (Å²) in [5.74, 6) is 1.71. The second-order valence-corrected chi connectivity index (χ2v) is 5.70. The van der Waals surface area contributed by atoms with Gasteiger partial charge in [-0.05, 0) is 33.0 Å². The van der Waals surface area contributed by atoms with Crippen LogP contribution in [0.15, 0.2) is 28.8 Å². The minimum Gasteiger partial charge on any atom is -0.496 e. The van der Waals surface area contributed by atoms with E-state index in [1.165, 1.54) is 0 Å². The molecule has 0 amide bonds. The molecule has 2 aromatic rings. The fraction of sp³-hybridized carbons (Fsp3) is 0.467. The van der Waals surface area contributed by atoms with Crippen LogP contribution in [0.25, 0.3) is 11.4 Å². The fourth-order valence-electron chi connectivity index (χ4n) is 2.21. The van der Waals surface area contributed by atoms with Crippen molar-refractivity contribution in [2.24, 2.45) is 0 Å². The van der Waals surface area contributed by atoms with E-state index in [2.05, 4.69) is 10.1 Å². The molecule has 1 N–H and O–H groups in total. The zero-order chi connectivity index (χ0) is 15.5. The van der Waals surface area contributed by atoms with Gasteiger partial charge in [-0.3, -0.25) is 4.90 Å². The van der Waals surface area contributed by atoms with Crippen LogP contribution in [0.5, 0.6) is 5.75 Å². The lowest BCUT2D eigenvalue weighted by Crippen LogP contribution is -2.35. The van der Waals surface area contributed by atoms with Crippen molar-refractivity contribution in [1.29, 1.82) is 0 Å². The topological polar surface area (TPSA) is 71.6 Å². The molecular weight excluding hydrogens is 270 g/mol. The van der Waals surface area contributed by atoms with Gasteiger partial charge in [0.1, 0.15) is 5.75 Å². The first-order valence-electron chi connectivity index (χ1n) is 6.76. The van der Waals surface area contributed by atoms with Gasteiger partial charge in [0.2, 0.25) is 11.7 Å². The number of hydrogen-bond donors (Lipinski definition) is 1. The van der Waals surface area contributed by atoms with Gasteiger partial charge in [-0.1, -0.05) is 17.3 Å². The van der Waals surface area contributed by atoms with E-state index >= 15 is 0 Å². The van der Waals surface area contributed by atoms with Crippen LogP contribution < -0.4 is 4.74 Å². The highest BCUT2D eigenvalue weighted by molar-refractivity contribution is 5.63. The maximum absolute atomic E-state index is 9.79. The van der Waals surface area contributed by atoms with Crippen LogP contribution in [-0.2, 0) is 6.54 Å². The summed E-state index contributed by atoms with van der Waals surface area (Å²) >= 11 is 0. The Morgan fingerprint density at radius 1 is 1.33 bits per heavy atom. The summed E-state index contributed by atoms with van der Waals surface area (Å²) in [7, 11) is 3.50. The Bertz CT molecular complexity index is 590. The first kappa shape index (κ1) is 15.5. The molecule has 1 aromatic carbocycles. The van der Waals surface area contributed by atoms with E-state index in [0.29, 0.717) is 30.6 Å². The van der Waals surface area contributed by atoms with E-state index in [-0.39, 0.29) is 0 Å². The molecule has 1 heterocycles. The molecule has 0 unspecified atom stereocenters. The minimum absolute atomic E-state index is 0.478. The number of rotatable bonds is 6. The summed E-state index contributed by atoms with van der Waals surface area (Å²) < 4.78 is 10.6. The Balaban J connectivity index is 2.11. The molecule has 0 saturated heterocycles. The Morgan fingerprint density at radius 2 is 2.05 bits per heavy atom. The molecule has 0 spiro atoms. The van der Waals surface area contributed by atoms with Gasteiger partial charge in [-0.25, -0.2) is 0 Å². The van der Waals surface area contributed by atoms with Gasteiger partial charge >= 0.3 is 0 Å². The lowest BCUT2D eigenvalue weighted by molar-refractivity contribution is 0.0397. The van der Waals surface area contributed by atoms with Crippen LogP contribution >= 0.6 is 0 Å². The van der Waals surface area contributed by atoms with E-state index in [4.69, 9.17) is 9.26 Å². The third-order valence-corrected chi connectivity index (χ3v) is 2.88. The number of aliphatic hydroxyl groups is 1. The second-order valence-electron chi connectivity index (χ2n) is 5.70. The third-order valence-electron chi connectivity index (χ3n) is 2.88. The average Bonchev–Trinajstić information content (AvgIpc) is 2.84. The first-order chi connectivity index (χ1) is 9.89. The van der Waals surface area contributed by atoms with E-state index in [9.17, 15) is 5.11 Å². The fourth-order valence-corrected chi connectivity index (χ4v) is 2.21. The lowest BCUT2D eigenvalue weighted by Gasteiger charge is -2.23. The quantitative estimate of drug-likeness (QED) is 0.877. The Hall–Kier alpha value is -1.92. The third kappa shape index (κ3) is 4.27. The number of nitrogens with zero attached hydrogens (tertiary/aromatic N) is 3. The number of benzene rings is 1. The monoisotopic (exact) mass is 291 g/mol. The van der Waals surface area contributed by atoms with Crippen LogP contribution in [0.2, 0.25) is 0 Å². The largest absolute Gasteiger partial charge is 0.496 e. The predicted octanol–water partition coefficient (Wildman–Crippen LogP) is 1.95. The van der Waals surface area contributed by atoms with E-state index in [1.807, 2.05) is 36.2 Å². The zero-order valence-corrected chi connectivity index (χ0v) is 12.8. The number of ether oxygens (including phenoxy) is 1. The Labute approximate surface area is 124 Å². The summed E-state index contributed by atoms with van der Waals surface area (Å²) in [5.41, 5.74) is 0.0282. The summed E-state index contributed by atoms with van der Waals surface area (Å²) in [6, 6.07) is 7.52. The molecule has 0 atom stereocenters. The van der Waals surface area contributed by atoms with Crippen LogP contribution in [0.1, 0.15) is 19.7 Å².